The molecule has 1 fully saturated rings. The van der Waals surface area contributed by atoms with Crippen molar-refractivity contribution in [2.24, 2.45) is 5.92 Å². The normalized spacial score (nSPS) is 20.3. The molecular formula is C14H21N3O2S. The number of aromatic nitrogens is 1. The number of carbonyl (C=O) groups is 2. The second kappa shape index (κ2) is 5.91. The maximum atomic E-state index is 12.2. The second-order valence-corrected chi connectivity index (χ2v) is 6.48. The summed E-state index contributed by atoms with van der Waals surface area (Å²) in [7, 11) is 0. The molecule has 1 aliphatic heterocycles. The van der Waals surface area contributed by atoms with Crippen LogP contribution in [-0.4, -0.2) is 34.8 Å². The number of likely N-dealkylation sites (tertiary alicyclic amines) is 1. The molecule has 6 heteroatoms. The third kappa shape index (κ3) is 3.00. The number of nitrogens with one attached hydrogen (secondary N) is 1. The molecule has 1 N–H and O–H groups in total. The molecule has 0 unspecified atom stereocenters. The molecule has 0 radical (unpaired) electrons. The Hall–Kier alpha value is -1.43. The van der Waals surface area contributed by atoms with E-state index in [1.54, 1.807) is 16.2 Å². The van der Waals surface area contributed by atoms with Crippen molar-refractivity contribution in [3.63, 3.8) is 0 Å². The fraction of sp³-hybridized carbons (Fsp3) is 0.643. The molecule has 1 aromatic heterocycles. The molecule has 0 saturated carbocycles. The van der Waals surface area contributed by atoms with E-state index in [2.05, 4.69) is 10.3 Å². The Labute approximate surface area is 123 Å². The van der Waals surface area contributed by atoms with Gasteiger partial charge < -0.3 is 10.2 Å². The van der Waals surface area contributed by atoms with Crippen molar-refractivity contribution >= 4 is 23.2 Å². The molecule has 0 aromatic carbocycles. The number of hydrogen-bond acceptors (Lipinski definition) is 4. The lowest BCUT2D eigenvalue weighted by atomic mass is 10.1. The van der Waals surface area contributed by atoms with Gasteiger partial charge >= 0.3 is 0 Å². The van der Waals surface area contributed by atoms with Crippen molar-refractivity contribution in [1.29, 1.82) is 0 Å². The quantitative estimate of drug-likeness (QED) is 0.921. The van der Waals surface area contributed by atoms with Crippen molar-refractivity contribution in [1.82, 2.24) is 15.2 Å². The zero-order valence-electron chi connectivity index (χ0n) is 12.4. The fourth-order valence-corrected chi connectivity index (χ4v) is 3.53. The number of aryl methyl sites for hydroxylation is 2. The Morgan fingerprint density at radius 2 is 2.25 bits per heavy atom. The highest BCUT2D eigenvalue weighted by molar-refractivity contribution is 7.11. The maximum Gasteiger partial charge on any atom is 0.225 e. The molecule has 0 bridgehead atoms. The average molecular weight is 295 g/mol. The summed E-state index contributed by atoms with van der Waals surface area (Å²) in [6.45, 7) is 9.03. The molecule has 0 spiro atoms. The summed E-state index contributed by atoms with van der Waals surface area (Å²) in [4.78, 5) is 31.1. The monoisotopic (exact) mass is 295 g/mol. The first-order valence-corrected chi connectivity index (χ1v) is 7.76. The van der Waals surface area contributed by atoms with Crippen LogP contribution in [0.5, 0.6) is 0 Å². The van der Waals surface area contributed by atoms with E-state index in [0.717, 1.165) is 15.6 Å². The van der Waals surface area contributed by atoms with Gasteiger partial charge in [0.05, 0.1) is 22.7 Å². The molecule has 2 heterocycles. The number of amides is 2. The number of nitrogens with zero attached hydrogens (tertiary/aromatic N) is 2. The minimum absolute atomic E-state index is 0.0350. The van der Waals surface area contributed by atoms with Crippen LogP contribution < -0.4 is 5.32 Å². The second-order valence-electron chi connectivity index (χ2n) is 5.25. The van der Waals surface area contributed by atoms with Crippen LogP contribution in [0.4, 0.5) is 0 Å². The highest BCUT2D eigenvalue weighted by Crippen LogP contribution is 2.25. The first-order valence-electron chi connectivity index (χ1n) is 6.94. The summed E-state index contributed by atoms with van der Waals surface area (Å²) in [6.07, 6.45) is 0.326. The van der Waals surface area contributed by atoms with Crippen LogP contribution in [0.3, 0.4) is 0 Å². The Morgan fingerprint density at radius 1 is 1.55 bits per heavy atom. The summed E-state index contributed by atoms with van der Waals surface area (Å²) in [5.41, 5.74) is 0.970. The average Bonchev–Trinajstić information content (AvgIpc) is 2.91. The van der Waals surface area contributed by atoms with Crippen molar-refractivity contribution in [3.05, 3.63) is 15.6 Å². The zero-order chi connectivity index (χ0) is 14.9. The topological polar surface area (TPSA) is 62.3 Å². The highest BCUT2D eigenvalue weighted by Gasteiger charge is 2.34. The van der Waals surface area contributed by atoms with E-state index >= 15 is 0 Å². The molecule has 20 heavy (non-hydrogen) atoms. The molecule has 1 aromatic rings. The first-order chi connectivity index (χ1) is 9.42. The van der Waals surface area contributed by atoms with E-state index in [0.29, 0.717) is 19.5 Å². The number of carbonyl (C=O) groups excluding carboxylic acids is 2. The van der Waals surface area contributed by atoms with Gasteiger partial charge in [-0.3, -0.25) is 9.59 Å². The van der Waals surface area contributed by atoms with Crippen LogP contribution in [0.2, 0.25) is 0 Å². The van der Waals surface area contributed by atoms with Crippen molar-refractivity contribution in [2.75, 3.05) is 13.1 Å². The zero-order valence-corrected chi connectivity index (χ0v) is 13.2. The van der Waals surface area contributed by atoms with Gasteiger partial charge in [0.1, 0.15) is 0 Å². The predicted octanol–water partition coefficient (Wildman–Crippen LogP) is 1.81. The van der Waals surface area contributed by atoms with Gasteiger partial charge in [-0.25, -0.2) is 4.98 Å². The third-order valence-electron chi connectivity index (χ3n) is 3.66. The van der Waals surface area contributed by atoms with Crippen LogP contribution in [0, 0.1) is 19.8 Å². The van der Waals surface area contributed by atoms with Gasteiger partial charge in [0.15, 0.2) is 0 Å². The molecule has 5 nitrogen and oxygen atoms in total. The van der Waals surface area contributed by atoms with Gasteiger partial charge in [0.2, 0.25) is 11.8 Å². The van der Waals surface area contributed by atoms with Gasteiger partial charge in [-0.2, -0.15) is 0 Å². The van der Waals surface area contributed by atoms with Crippen LogP contribution in [0.25, 0.3) is 0 Å². The van der Waals surface area contributed by atoms with Gasteiger partial charge in [0, 0.05) is 24.4 Å². The Kier molecular flexibility index (Phi) is 4.42. The summed E-state index contributed by atoms with van der Waals surface area (Å²) < 4.78 is 0. The summed E-state index contributed by atoms with van der Waals surface area (Å²) >= 11 is 1.61. The van der Waals surface area contributed by atoms with E-state index in [1.165, 1.54) is 0 Å². The largest absolute Gasteiger partial charge is 0.348 e. The predicted molar refractivity (Wildman–Crippen MR) is 78.5 cm³/mol. The molecular weight excluding hydrogens is 274 g/mol. The molecule has 1 saturated heterocycles. The third-order valence-corrected chi connectivity index (χ3v) is 4.91. The summed E-state index contributed by atoms with van der Waals surface area (Å²) in [5.74, 6) is -0.184. The van der Waals surface area contributed by atoms with Crippen molar-refractivity contribution < 1.29 is 9.59 Å². The Balaban J connectivity index is 1.98. The van der Waals surface area contributed by atoms with Gasteiger partial charge in [-0.1, -0.05) is 0 Å². The molecule has 2 rings (SSSR count). The maximum absolute atomic E-state index is 12.2. The lowest BCUT2D eigenvalue weighted by Gasteiger charge is -2.17. The lowest BCUT2D eigenvalue weighted by molar-refractivity contribution is -0.129. The van der Waals surface area contributed by atoms with Crippen LogP contribution in [0.1, 0.15) is 41.9 Å². The molecule has 1 aliphatic rings. The molecule has 2 atom stereocenters. The minimum Gasteiger partial charge on any atom is -0.348 e. The Bertz CT molecular complexity index is 526. The Morgan fingerprint density at radius 3 is 2.75 bits per heavy atom. The van der Waals surface area contributed by atoms with E-state index in [9.17, 15) is 9.59 Å². The smallest absolute Gasteiger partial charge is 0.225 e. The highest BCUT2D eigenvalue weighted by atomic mass is 32.1. The first kappa shape index (κ1) is 15.0. The van der Waals surface area contributed by atoms with Gasteiger partial charge in [0.25, 0.3) is 0 Å². The van der Waals surface area contributed by atoms with E-state index in [1.807, 2.05) is 27.7 Å². The molecule has 2 amide bonds. The summed E-state index contributed by atoms with van der Waals surface area (Å²) in [5, 5.41) is 4.02. The minimum atomic E-state index is -0.223. The van der Waals surface area contributed by atoms with E-state index in [-0.39, 0.29) is 23.8 Å². The van der Waals surface area contributed by atoms with Crippen LogP contribution >= 0.6 is 11.3 Å². The summed E-state index contributed by atoms with van der Waals surface area (Å²) in [6, 6.07) is -0.0560. The SMILES string of the molecule is CCN1C[C@@H](C(=O)N[C@H](C)c2sc(C)nc2C)CC1=O. The van der Waals surface area contributed by atoms with Crippen molar-refractivity contribution in [3.8, 4) is 0 Å². The number of thiazole rings is 1. The van der Waals surface area contributed by atoms with E-state index in [4.69, 9.17) is 0 Å². The van der Waals surface area contributed by atoms with Crippen LogP contribution in [0.15, 0.2) is 0 Å². The molecule has 110 valence electrons. The number of rotatable bonds is 4. The fourth-order valence-electron chi connectivity index (χ4n) is 2.60. The number of hydrogen-bond donors (Lipinski definition) is 1. The lowest BCUT2D eigenvalue weighted by Crippen LogP contribution is -2.34. The van der Waals surface area contributed by atoms with Crippen molar-refractivity contribution in [2.45, 2.75) is 40.2 Å². The standard InChI is InChI=1S/C14H21N3O2S/c1-5-17-7-11(6-12(17)18)14(19)16-9(3)13-8(2)15-10(4)20-13/h9,11H,5-7H2,1-4H3,(H,16,19)/t9-,11+/m1/s1. The van der Waals surface area contributed by atoms with E-state index < -0.39 is 0 Å². The molecule has 0 aliphatic carbocycles. The van der Waals surface area contributed by atoms with Crippen LogP contribution in [-0.2, 0) is 9.59 Å². The van der Waals surface area contributed by atoms with Gasteiger partial charge in [-0.05, 0) is 27.7 Å². The van der Waals surface area contributed by atoms with Gasteiger partial charge in [-0.15, -0.1) is 11.3 Å².